The van der Waals surface area contributed by atoms with Gasteiger partial charge in [0.1, 0.15) is 0 Å². The highest BCUT2D eigenvalue weighted by Gasteiger charge is 2.33. The summed E-state index contributed by atoms with van der Waals surface area (Å²) in [5.74, 6) is 0.497. The normalized spacial score (nSPS) is 25.4. The minimum absolute atomic E-state index is 0.0276. The third-order valence-electron chi connectivity index (χ3n) is 6.89. The zero-order valence-corrected chi connectivity index (χ0v) is 16.4. The Morgan fingerprint density at radius 2 is 1.79 bits per heavy atom. The molecule has 3 fully saturated rings. The van der Waals surface area contributed by atoms with Crippen LogP contribution in [0.2, 0.25) is 0 Å². The molecule has 5 heteroatoms. The molecule has 3 aliphatic rings. The molecule has 2 aromatic rings. The molecule has 1 saturated carbocycles. The summed E-state index contributed by atoms with van der Waals surface area (Å²) < 4.78 is 1.78. The van der Waals surface area contributed by atoms with E-state index in [1.807, 2.05) is 24.3 Å². The van der Waals surface area contributed by atoms with Gasteiger partial charge in [-0.25, -0.2) is 0 Å². The van der Waals surface area contributed by atoms with E-state index in [-0.39, 0.29) is 17.5 Å². The van der Waals surface area contributed by atoms with Crippen LogP contribution in [0.1, 0.15) is 61.3 Å². The molecule has 1 aliphatic carbocycles. The molecular weight excluding hydrogens is 350 g/mol. The SMILES string of the molecule is O=C(NC[C@H]1CCCN2CCCC[C@H]12)c1cn(C2CC2)c(=O)c2ccccc12. The van der Waals surface area contributed by atoms with E-state index in [1.165, 1.54) is 45.2 Å². The lowest BCUT2D eigenvalue weighted by atomic mass is 9.83. The molecule has 5 rings (SSSR count). The first-order valence-electron chi connectivity index (χ1n) is 10.9. The van der Waals surface area contributed by atoms with Gasteiger partial charge in [0.15, 0.2) is 0 Å². The second-order valence-corrected chi connectivity index (χ2v) is 8.74. The number of amides is 1. The number of benzene rings is 1. The molecule has 2 saturated heterocycles. The third kappa shape index (κ3) is 3.26. The van der Waals surface area contributed by atoms with Gasteiger partial charge in [-0.2, -0.15) is 0 Å². The van der Waals surface area contributed by atoms with Gasteiger partial charge in [0.25, 0.3) is 11.5 Å². The highest BCUT2D eigenvalue weighted by molar-refractivity contribution is 6.06. The van der Waals surface area contributed by atoms with Crippen LogP contribution in [0.15, 0.2) is 35.3 Å². The Morgan fingerprint density at radius 1 is 1.00 bits per heavy atom. The number of hydrogen-bond donors (Lipinski definition) is 1. The highest BCUT2D eigenvalue weighted by Crippen LogP contribution is 2.34. The van der Waals surface area contributed by atoms with E-state index in [1.54, 1.807) is 10.8 Å². The molecule has 2 aliphatic heterocycles. The van der Waals surface area contributed by atoms with Crippen molar-refractivity contribution in [3.63, 3.8) is 0 Å². The number of nitrogens with zero attached hydrogens (tertiary/aromatic N) is 2. The van der Waals surface area contributed by atoms with Gasteiger partial charge in [0.05, 0.1) is 5.56 Å². The molecular formula is C23H29N3O2. The molecule has 28 heavy (non-hydrogen) atoms. The lowest BCUT2D eigenvalue weighted by Crippen LogP contribution is -2.51. The molecule has 1 N–H and O–H groups in total. The van der Waals surface area contributed by atoms with E-state index in [9.17, 15) is 9.59 Å². The molecule has 5 nitrogen and oxygen atoms in total. The first-order chi connectivity index (χ1) is 13.7. The molecule has 0 bridgehead atoms. The van der Waals surface area contributed by atoms with Gasteiger partial charge >= 0.3 is 0 Å². The van der Waals surface area contributed by atoms with Crippen molar-refractivity contribution in [2.45, 2.75) is 57.0 Å². The smallest absolute Gasteiger partial charge is 0.258 e. The summed E-state index contributed by atoms with van der Waals surface area (Å²) in [4.78, 5) is 28.5. The van der Waals surface area contributed by atoms with Gasteiger partial charge in [-0.1, -0.05) is 24.6 Å². The fourth-order valence-corrected chi connectivity index (χ4v) is 5.25. The van der Waals surface area contributed by atoms with Crippen LogP contribution >= 0.6 is 0 Å². The number of aromatic nitrogens is 1. The van der Waals surface area contributed by atoms with Crippen molar-refractivity contribution in [2.24, 2.45) is 5.92 Å². The zero-order chi connectivity index (χ0) is 19.1. The number of carbonyl (C=O) groups is 1. The minimum atomic E-state index is -0.0430. The minimum Gasteiger partial charge on any atom is -0.352 e. The largest absolute Gasteiger partial charge is 0.352 e. The van der Waals surface area contributed by atoms with E-state index in [4.69, 9.17) is 0 Å². The molecule has 0 radical (unpaired) electrons. The molecule has 1 aromatic heterocycles. The Balaban J connectivity index is 1.39. The van der Waals surface area contributed by atoms with Crippen molar-refractivity contribution in [1.29, 1.82) is 0 Å². The van der Waals surface area contributed by atoms with Crippen molar-refractivity contribution in [2.75, 3.05) is 19.6 Å². The van der Waals surface area contributed by atoms with Gasteiger partial charge in [0, 0.05) is 35.6 Å². The highest BCUT2D eigenvalue weighted by atomic mass is 16.2. The molecule has 0 unspecified atom stereocenters. The first kappa shape index (κ1) is 17.9. The summed E-state index contributed by atoms with van der Waals surface area (Å²) in [5, 5.41) is 4.64. The predicted molar refractivity (Wildman–Crippen MR) is 111 cm³/mol. The number of carbonyl (C=O) groups excluding carboxylic acids is 1. The molecule has 1 amide bonds. The monoisotopic (exact) mass is 379 g/mol. The third-order valence-corrected chi connectivity index (χ3v) is 6.89. The van der Waals surface area contributed by atoms with Crippen LogP contribution < -0.4 is 10.9 Å². The van der Waals surface area contributed by atoms with E-state index in [0.717, 1.165) is 24.8 Å². The van der Waals surface area contributed by atoms with Crippen LogP contribution in [0, 0.1) is 5.92 Å². The van der Waals surface area contributed by atoms with Gasteiger partial charge in [-0.05, 0) is 63.6 Å². The number of piperidine rings is 2. The van der Waals surface area contributed by atoms with Gasteiger partial charge in [-0.3, -0.25) is 9.59 Å². The summed E-state index contributed by atoms with van der Waals surface area (Å²) >= 11 is 0. The summed E-state index contributed by atoms with van der Waals surface area (Å²) in [6.07, 6.45) is 10.2. The second-order valence-electron chi connectivity index (χ2n) is 8.74. The summed E-state index contributed by atoms with van der Waals surface area (Å²) in [7, 11) is 0. The Kier molecular flexibility index (Phi) is 4.71. The molecule has 3 heterocycles. The quantitative estimate of drug-likeness (QED) is 0.887. The van der Waals surface area contributed by atoms with Crippen LogP contribution in [0.5, 0.6) is 0 Å². The first-order valence-corrected chi connectivity index (χ1v) is 10.9. The van der Waals surface area contributed by atoms with E-state index < -0.39 is 0 Å². The van der Waals surface area contributed by atoms with Crippen molar-refractivity contribution in [1.82, 2.24) is 14.8 Å². The number of fused-ring (bicyclic) bond motifs is 2. The van der Waals surface area contributed by atoms with Crippen molar-refractivity contribution >= 4 is 16.7 Å². The van der Waals surface area contributed by atoms with Crippen LogP contribution in [-0.4, -0.2) is 41.1 Å². The van der Waals surface area contributed by atoms with Crippen molar-refractivity contribution in [3.05, 3.63) is 46.4 Å². The van der Waals surface area contributed by atoms with Crippen LogP contribution in [0.25, 0.3) is 10.8 Å². The molecule has 148 valence electrons. The van der Waals surface area contributed by atoms with Crippen molar-refractivity contribution in [3.8, 4) is 0 Å². The Morgan fingerprint density at radius 3 is 2.61 bits per heavy atom. The summed E-state index contributed by atoms with van der Waals surface area (Å²) in [6, 6.07) is 8.40. The average Bonchev–Trinajstić information content (AvgIpc) is 3.58. The predicted octanol–water partition coefficient (Wildman–Crippen LogP) is 3.33. The van der Waals surface area contributed by atoms with E-state index >= 15 is 0 Å². The van der Waals surface area contributed by atoms with Crippen LogP contribution in [0.3, 0.4) is 0 Å². The van der Waals surface area contributed by atoms with E-state index in [0.29, 0.717) is 22.9 Å². The van der Waals surface area contributed by atoms with Gasteiger partial charge in [0.2, 0.25) is 0 Å². The number of nitrogens with one attached hydrogen (secondary N) is 1. The summed E-state index contributed by atoms with van der Waals surface area (Å²) in [6.45, 7) is 3.16. The second kappa shape index (κ2) is 7.36. The van der Waals surface area contributed by atoms with Gasteiger partial charge in [-0.15, -0.1) is 0 Å². The lowest BCUT2D eigenvalue weighted by molar-refractivity contribution is 0.0576. The number of rotatable bonds is 4. The topological polar surface area (TPSA) is 54.3 Å². The Hall–Kier alpha value is -2.14. The maximum Gasteiger partial charge on any atom is 0.258 e. The number of pyridine rings is 1. The molecule has 2 atom stereocenters. The summed E-state index contributed by atoms with van der Waals surface area (Å²) in [5.41, 5.74) is 0.665. The maximum absolute atomic E-state index is 13.1. The lowest BCUT2D eigenvalue weighted by Gasteiger charge is -2.44. The Bertz CT molecular complexity index is 945. The fraction of sp³-hybridized carbons (Fsp3) is 0.565. The van der Waals surface area contributed by atoms with Gasteiger partial charge < -0.3 is 14.8 Å². The fourth-order valence-electron chi connectivity index (χ4n) is 5.25. The maximum atomic E-state index is 13.1. The molecule has 0 spiro atoms. The zero-order valence-electron chi connectivity index (χ0n) is 16.4. The standard InChI is InChI=1S/C23H29N3O2/c27-22(24-14-16-6-5-13-25-12-4-3-9-21(16)25)20-15-26(17-10-11-17)23(28)19-8-2-1-7-18(19)20/h1-2,7-8,15-17,21H,3-6,9-14H2,(H,24,27)/t16-,21-/m1/s1. The van der Waals surface area contributed by atoms with E-state index in [2.05, 4.69) is 10.2 Å². The van der Waals surface area contributed by atoms with Crippen LogP contribution in [-0.2, 0) is 0 Å². The Labute approximate surface area is 165 Å². The van der Waals surface area contributed by atoms with Crippen molar-refractivity contribution < 1.29 is 4.79 Å². The average molecular weight is 380 g/mol. The molecule has 1 aromatic carbocycles. The number of hydrogen-bond acceptors (Lipinski definition) is 3. The van der Waals surface area contributed by atoms with Crippen LogP contribution in [0.4, 0.5) is 0 Å².